The molecule has 0 rings (SSSR count). The standard InChI is InChI=1S/C6H15NO2/c1-3-4(2)5(7)6(8)9/h4-6,8-9H,3,7H2,1-2H3/t4?,5-/m0/s1. The molecule has 0 bridgehead atoms. The Labute approximate surface area is 55.5 Å². The highest BCUT2D eigenvalue weighted by molar-refractivity contribution is 4.68. The zero-order valence-electron chi connectivity index (χ0n) is 5.91. The van der Waals surface area contributed by atoms with Crippen molar-refractivity contribution >= 4 is 0 Å². The molecule has 0 fully saturated rings. The van der Waals surface area contributed by atoms with Gasteiger partial charge in [-0.25, -0.2) is 0 Å². The van der Waals surface area contributed by atoms with Gasteiger partial charge in [0.05, 0.1) is 6.04 Å². The van der Waals surface area contributed by atoms with E-state index < -0.39 is 12.3 Å². The van der Waals surface area contributed by atoms with E-state index >= 15 is 0 Å². The van der Waals surface area contributed by atoms with Crippen LogP contribution in [0.25, 0.3) is 0 Å². The molecule has 0 amide bonds. The van der Waals surface area contributed by atoms with E-state index in [9.17, 15) is 0 Å². The van der Waals surface area contributed by atoms with E-state index in [-0.39, 0.29) is 5.92 Å². The molecule has 0 aliphatic rings. The largest absolute Gasteiger partial charge is 0.367 e. The summed E-state index contributed by atoms with van der Waals surface area (Å²) in [4.78, 5) is 0. The van der Waals surface area contributed by atoms with Crippen LogP contribution in [0.4, 0.5) is 0 Å². The van der Waals surface area contributed by atoms with E-state index in [0.29, 0.717) is 0 Å². The van der Waals surface area contributed by atoms with E-state index in [1.165, 1.54) is 0 Å². The SMILES string of the molecule is CCC(C)[C@H](N)C(O)O. The first-order valence-corrected chi connectivity index (χ1v) is 3.21. The average molecular weight is 133 g/mol. The van der Waals surface area contributed by atoms with Gasteiger partial charge in [-0.3, -0.25) is 0 Å². The van der Waals surface area contributed by atoms with Gasteiger partial charge in [0.1, 0.15) is 0 Å². The third-order valence-corrected chi connectivity index (χ3v) is 1.65. The van der Waals surface area contributed by atoms with Gasteiger partial charge in [-0.15, -0.1) is 0 Å². The Kier molecular flexibility index (Phi) is 3.77. The van der Waals surface area contributed by atoms with Gasteiger partial charge in [-0.1, -0.05) is 20.3 Å². The predicted molar refractivity (Wildman–Crippen MR) is 35.7 cm³/mol. The third kappa shape index (κ3) is 2.79. The molecular weight excluding hydrogens is 118 g/mol. The van der Waals surface area contributed by atoms with Crippen LogP contribution in [0.15, 0.2) is 0 Å². The van der Waals surface area contributed by atoms with Crippen molar-refractivity contribution in [1.29, 1.82) is 0 Å². The second-order valence-electron chi connectivity index (χ2n) is 2.38. The molecule has 4 N–H and O–H groups in total. The van der Waals surface area contributed by atoms with Gasteiger partial charge in [-0.05, 0) is 5.92 Å². The van der Waals surface area contributed by atoms with Crippen LogP contribution in [-0.2, 0) is 0 Å². The molecule has 0 aromatic carbocycles. The van der Waals surface area contributed by atoms with Gasteiger partial charge in [0.2, 0.25) is 0 Å². The normalized spacial score (nSPS) is 18.0. The number of nitrogens with two attached hydrogens (primary N) is 1. The summed E-state index contributed by atoms with van der Waals surface area (Å²) in [5.41, 5.74) is 5.37. The van der Waals surface area contributed by atoms with Crippen molar-refractivity contribution in [3.8, 4) is 0 Å². The van der Waals surface area contributed by atoms with Crippen LogP contribution in [0.3, 0.4) is 0 Å². The molecule has 0 aromatic heterocycles. The summed E-state index contributed by atoms with van der Waals surface area (Å²) in [6, 6.07) is -0.505. The monoisotopic (exact) mass is 133 g/mol. The van der Waals surface area contributed by atoms with Crippen molar-refractivity contribution in [2.45, 2.75) is 32.6 Å². The van der Waals surface area contributed by atoms with E-state index in [1.54, 1.807) is 0 Å². The number of aliphatic hydroxyl groups excluding tert-OH is 1. The molecule has 9 heavy (non-hydrogen) atoms. The fraction of sp³-hybridized carbons (Fsp3) is 1.00. The smallest absolute Gasteiger partial charge is 0.167 e. The van der Waals surface area contributed by atoms with Gasteiger partial charge in [0.25, 0.3) is 0 Å². The summed E-state index contributed by atoms with van der Waals surface area (Å²) >= 11 is 0. The van der Waals surface area contributed by atoms with Gasteiger partial charge < -0.3 is 15.9 Å². The molecule has 1 unspecified atom stereocenters. The summed E-state index contributed by atoms with van der Waals surface area (Å²) in [7, 11) is 0. The van der Waals surface area contributed by atoms with E-state index in [1.807, 2.05) is 13.8 Å². The molecule has 3 heteroatoms. The van der Waals surface area contributed by atoms with Crippen molar-refractivity contribution in [2.75, 3.05) is 0 Å². The highest BCUT2D eigenvalue weighted by Gasteiger charge is 2.16. The zero-order valence-corrected chi connectivity index (χ0v) is 5.91. The molecule has 0 heterocycles. The Morgan fingerprint density at radius 2 is 1.89 bits per heavy atom. The lowest BCUT2D eigenvalue weighted by molar-refractivity contribution is -0.0694. The fourth-order valence-electron chi connectivity index (χ4n) is 0.566. The molecule has 0 aliphatic carbocycles. The molecule has 0 saturated heterocycles. The maximum Gasteiger partial charge on any atom is 0.167 e. The second-order valence-corrected chi connectivity index (χ2v) is 2.38. The first-order chi connectivity index (χ1) is 4.09. The Morgan fingerprint density at radius 1 is 1.44 bits per heavy atom. The molecule has 0 aromatic rings. The Balaban J connectivity index is 3.58. The molecule has 0 spiro atoms. The number of rotatable bonds is 3. The number of hydrogen-bond acceptors (Lipinski definition) is 3. The second kappa shape index (κ2) is 3.82. The highest BCUT2D eigenvalue weighted by atomic mass is 16.5. The molecule has 0 radical (unpaired) electrons. The Bertz CT molecular complexity index is 75.5. The summed E-state index contributed by atoms with van der Waals surface area (Å²) < 4.78 is 0. The van der Waals surface area contributed by atoms with Crippen LogP contribution in [0, 0.1) is 5.92 Å². The topological polar surface area (TPSA) is 66.5 Å². The maximum atomic E-state index is 8.55. The maximum absolute atomic E-state index is 8.55. The van der Waals surface area contributed by atoms with Crippen LogP contribution < -0.4 is 5.73 Å². The first kappa shape index (κ1) is 8.88. The van der Waals surface area contributed by atoms with Crippen molar-refractivity contribution < 1.29 is 10.2 Å². The molecule has 56 valence electrons. The number of aliphatic hydroxyl groups is 2. The predicted octanol–water partition coefficient (Wildman–Crippen LogP) is -0.329. The Morgan fingerprint density at radius 3 is 2.00 bits per heavy atom. The molecule has 2 atom stereocenters. The van der Waals surface area contributed by atoms with E-state index in [2.05, 4.69) is 0 Å². The summed E-state index contributed by atoms with van der Waals surface area (Å²) in [6.45, 7) is 3.86. The van der Waals surface area contributed by atoms with Crippen LogP contribution in [0.5, 0.6) is 0 Å². The van der Waals surface area contributed by atoms with Crippen LogP contribution in [-0.4, -0.2) is 22.5 Å². The minimum absolute atomic E-state index is 0.171. The lowest BCUT2D eigenvalue weighted by atomic mass is 10.00. The average Bonchev–Trinajstić information content (AvgIpc) is 1.84. The third-order valence-electron chi connectivity index (χ3n) is 1.65. The Hall–Kier alpha value is -0.120. The lowest BCUT2D eigenvalue weighted by Crippen LogP contribution is -2.39. The summed E-state index contributed by atoms with van der Waals surface area (Å²) in [5.74, 6) is 0.171. The van der Waals surface area contributed by atoms with Crippen LogP contribution >= 0.6 is 0 Å². The van der Waals surface area contributed by atoms with Crippen molar-refractivity contribution in [2.24, 2.45) is 11.7 Å². The summed E-state index contributed by atoms with van der Waals surface area (Å²) in [6.07, 6.45) is -0.501. The molecule has 0 aliphatic heterocycles. The molecule has 0 saturated carbocycles. The van der Waals surface area contributed by atoms with Crippen LogP contribution in [0.1, 0.15) is 20.3 Å². The van der Waals surface area contributed by atoms with Gasteiger partial charge in [0, 0.05) is 0 Å². The van der Waals surface area contributed by atoms with Crippen molar-refractivity contribution in [3.63, 3.8) is 0 Å². The van der Waals surface area contributed by atoms with Gasteiger partial charge in [-0.2, -0.15) is 0 Å². The zero-order chi connectivity index (χ0) is 7.44. The van der Waals surface area contributed by atoms with E-state index in [0.717, 1.165) is 6.42 Å². The van der Waals surface area contributed by atoms with E-state index in [4.69, 9.17) is 15.9 Å². The quantitative estimate of drug-likeness (QED) is 0.462. The fourth-order valence-corrected chi connectivity index (χ4v) is 0.566. The highest BCUT2D eigenvalue weighted by Crippen LogP contribution is 2.06. The number of hydrogen-bond donors (Lipinski definition) is 3. The summed E-state index contributed by atoms with van der Waals surface area (Å²) in [5, 5.41) is 17.1. The van der Waals surface area contributed by atoms with Crippen LogP contribution in [0.2, 0.25) is 0 Å². The van der Waals surface area contributed by atoms with Gasteiger partial charge in [0.15, 0.2) is 6.29 Å². The first-order valence-electron chi connectivity index (χ1n) is 3.21. The lowest BCUT2D eigenvalue weighted by Gasteiger charge is -2.19. The minimum Gasteiger partial charge on any atom is -0.367 e. The minimum atomic E-state index is -1.38. The van der Waals surface area contributed by atoms with Crippen molar-refractivity contribution in [1.82, 2.24) is 0 Å². The molecular formula is C6H15NO2. The van der Waals surface area contributed by atoms with Gasteiger partial charge >= 0.3 is 0 Å². The van der Waals surface area contributed by atoms with Crippen molar-refractivity contribution in [3.05, 3.63) is 0 Å². The molecule has 3 nitrogen and oxygen atoms in total.